The van der Waals surface area contributed by atoms with Crippen molar-refractivity contribution in [2.24, 2.45) is 0 Å². The van der Waals surface area contributed by atoms with Crippen LogP contribution in [-0.4, -0.2) is 53.2 Å². The maximum Gasteiger partial charge on any atom is 0.326 e. The number of aromatic amines is 1. The largest absolute Gasteiger partial charge is 0.480 e. The summed E-state index contributed by atoms with van der Waals surface area (Å²) in [6, 6.07) is 10.5. The number of aliphatic carboxylic acids is 1. The predicted octanol–water partition coefficient (Wildman–Crippen LogP) is 4.03. The summed E-state index contributed by atoms with van der Waals surface area (Å²) >= 11 is 5.97. The number of carbonyl (C=O) groups is 2. The number of hydrogen-bond donors (Lipinski definition) is 4. The van der Waals surface area contributed by atoms with E-state index in [9.17, 15) is 24.3 Å². The first kappa shape index (κ1) is 27.5. The lowest BCUT2D eigenvalue weighted by Gasteiger charge is -2.20. The fraction of sp³-hybridized carbons (Fsp3) is 0.222. The molecule has 0 aliphatic carbocycles. The van der Waals surface area contributed by atoms with Crippen molar-refractivity contribution in [2.75, 3.05) is 5.32 Å². The van der Waals surface area contributed by atoms with Crippen molar-refractivity contribution in [3.8, 4) is 23.0 Å². The fourth-order valence-corrected chi connectivity index (χ4v) is 4.80. The van der Waals surface area contributed by atoms with E-state index in [1.54, 1.807) is 24.3 Å². The number of fused-ring (bicyclic) bond motifs is 4. The number of nitrogens with zero attached hydrogens (tertiary/aromatic N) is 6. The molecule has 0 saturated carbocycles. The lowest BCUT2D eigenvalue weighted by Crippen LogP contribution is -2.30. The second kappa shape index (κ2) is 12.0. The minimum absolute atomic E-state index is 0.00881. The lowest BCUT2D eigenvalue weighted by molar-refractivity contribution is -0.138. The highest BCUT2D eigenvalue weighted by molar-refractivity contribution is 6.31. The number of halogens is 2. The third kappa shape index (κ3) is 5.92. The van der Waals surface area contributed by atoms with Gasteiger partial charge >= 0.3 is 5.97 Å². The number of H-pyrrole nitrogens is 1. The summed E-state index contributed by atoms with van der Waals surface area (Å²) < 4.78 is 16.2. The third-order valence-corrected chi connectivity index (χ3v) is 6.92. The standard InChI is InChI=1S/C27H23ClFN9O3/c28-17-10-11-22(38-14-31-36-37-38)16(24(17)29)9-12-23(39)33-19-7-3-4-8-20(27(40)41)32-18-6-2-1-5-15(18)25-21(13-30)34-26(19)35-25/h1-2,5-6,9-12,14,19-20,32H,3-4,7-8H2,(H,33,39)(H,34,35)(H,40,41)/b12-9+/t19-,20+/m0/s1. The molecule has 14 heteroatoms. The molecule has 0 radical (unpaired) electrons. The van der Waals surface area contributed by atoms with Gasteiger partial charge in [0.25, 0.3) is 0 Å². The van der Waals surface area contributed by atoms with Gasteiger partial charge < -0.3 is 20.7 Å². The fourth-order valence-electron chi connectivity index (χ4n) is 4.63. The molecule has 1 aliphatic heterocycles. The molecule has 0 spiro atoms. The molecule has 2 aromatic carbocycles. The zero-order valence-electron chi connectivity index (χ0n) is 21.4. The van der Waals surface area contributed by atoms with Crippen molar-refractivity contribution in [2.45, 2.75) is 37.8 Å². The SMILES string of the molecule is N#Cc1[nH]c2nc1-c1ccccc1N[C@@H](C(=O)O)CCCC[C@@H]2NC(=O)/C=C/c1c(-n2cnnn2)ccc(Cl)c1F. The van der Waals surface area contributed by atoms with Crippen molar-refractivity contribution < 1.29 is 19.1 Å². The monoisotopic (exact) mass is 575 g/mol. The Labute approximate surface area is 237 Å². The number of hydrogen-bond acceptors (Lipinski definition) is 8. The second-order valence-corrected chi connectivity index (χ2v) is 9.67. The van der Waals surface area contributed by atoms with Crippen LogP contribution < -0.4 is 10.6 Å². The minimum atomic E-state index is -0.996. The number of carbonyl (C=O) groups excluding carboxylic acids is 1. The van der Waals surface area contributed by atoms with E-state index in [1.807, 2.05) is 0 Å². The van der Waals surface area contributed by atoms with Crippen molar-refractivity contribution in [1.82, 2.24) is 35.5 Å². The number of tetrazole rings is 1. The first-order chi connectivity index (χ1) is 19.9. The molecule has 2 atom stereocenters. The van der Waals surface area contributed by atoms with Gasteiger partial charge in [-0.15, -0.1) is 5.10 Å². The molecule has 2 aromatic heterocycles. The van der Waals surface area contributed by atoms with Gasteiger partial charge in [0.15, 0.2) is 5.82 Å². The smallest absolute Gasteiger partial charge is 0.326 e. The molecule has 2 bridgehead atoms. The van der Waals surface area contributed by atoms with Gasteiger partial charge in [-0.2, -0.15) is 9.94 Å². The van der Waals surface area contributed by atoms with Gasteiger partial charge in [-0.25, -0.2) is 14.2 Å². The molecule has 0 saturated heterocycles. The van der Waals surface area contributed by atoms with E-state index in [4.69, 9.17) is 11.6 Å². The number of carboxylic acid groups (broad SMARTS) is 1. The van der Waals surface area contributed by atoms with Crippen LogP contribution in [-0.2, 0) is 9.59 Å². The van der Waals surface area contributed by atoms with Crippen LogP contribution >= 0.6 is 11.6 Å². The molecule has 4 aromatic rings. The van der Waals surface area contributed by atoms with Gasteiger partial charge in [0.1, 0.15) is 35.7 Å². The van der Waals surface area contributed by atoms with Crippen molar-refractivity contribution >= 4 is 35.2 Å². The number of para-hydroxylation sites is 1. The zero-order chi connectivity index (χ0) is 28.9. The van der Waals surface area contributed by atoms with Crippen LogP contribution in [0.25, 0.3) is 23.0 Å². The van der Waals surface area contributed by atoms with Gasteiger partial charge in [0, 0.05) is 22.9 Å². The summed E-state index contributed by atoms with van der Waals surface area (Å²) in [5, 5.41) is 36.3. The highest BCUT2D eigenvalue weighted by Gasteiger charge is 2.25. The van der Waals surface area contributed by atoms with E-state index in [-0.39, 0.29) is 22.0 Å². The number of anilines is 1. The summed E-state index contributed by atoms with van der Waals surface area (Å²) in [5.41, 5.74) is 1.87. The summed E-state index contributed by atoms with van der Waals surface area (Å²) in [6.07, 6.45) is 5.59. The lowest BCUT2D eigenvalue weighted by atomic mass is 10.0. The molecular formula is C27H23ClFN9O3. The third-order valence-electron chi connectivity index (χ3n) is 6.63. The van der Waals surface area contributed by atoms with Crippen LogP contribution in [0.5, 0.6) is 0 Å². The van der Waals surface area contributed by atoms with Crippen LogP contribution in [0.4, 0.5) is 10.1 Å². The topological polar surface area (TPSA) is 174 Å². The highest BCUT2D eigenvalue weighted by Crippen LogP contribution is 2.33. The van der Waals surface area contributed by atoms with Gasteiger partial charge in [-0.05, 0) is 47.5 Å². The Hall–Kier alpha value is -5.09. The Bertz CT molecular complexity index is 1660. The Morgan fingerprint density at radius 1 is 1.22 bits per heavy atom. The number of amides is 1. The molecule has 3 heterocycles. The number of carboxylic acids is 1. The minimum Gasteiger partial charge on any atom is -0.480 e. The summed E-state index contributed by atoms with van der Waals surface area (Å²) in [7, 11) is 0. The Morgan fingerprint density at radius 2 is 2.02 bits per heavy atom. The molecule has 41 heavy (non-hydrogen) atoms. The van der Waals surface area contributed by atoms with E-state index in [0.29, 0.717) is 48.5 Å². The zero-order valence-corrected chi connectivity index (χ0v) is 22.1. The molecule has 12 nitrogen and oxygen atoms in total. The first-order valence-corrected chi connectivity index (χ1v) is 13.0. The van der Waals surface area contributed by atoms with Crippen LogP contribution in [0.15, 0.2) is 48.8 Å². The Kier molecular flexibility index (Phi) is 8.02. The molecule has 1 aliphatic rings. The molecule has 1 amide bonds. The number of imidazole rings is 1. The Morgan fingerprint density at radius 3 is 2.78 bits per heavy atom. The number of benzene rings is 2. The highest BCUT2D eigenvalue weighted by atomic mass is 35.5. The second-order valence-electron chi connectivity index (χ2n) is 9.27. The van der Waals surface area contributed by atoms with Crippen LogP contribution in [0.1, 0.15) is 48.8 Å². The van der Waals surface area contributed by atoms with E-state index < -0.39 is 29.8 Å². The van der Waals surface area contributed by atoms with E-state index in [0.717, 1.165) is 6.08 Å². The van der Waals surface area contributed by atoms with Crippen LogP contribution in [0.2, 0.25) is 5.02 Å². The average molecular weight is 576 g/mol. The van der Waals surface area contributed by atoms with Crippen molar-refractivity contribution in [1.29, 1.82) is 5.26 Å². The molecule has 4 N–H and O–H groups in total. The average Bonchev–Trinajstić information content (AvgIpc) is 3.65. The van der Waals surface area contributed by atoms with Crippen molar-refractivity contribution in [3.05, 3.63) is 76.7 Å². The first-order valence-electron chi connectivity index (χ1n) is 12.6. The van der Waals surface area contributed by atoms with Gasteiger partial charge in [-0.1, -0.05) is 42.6 Å². The number of rotatable bonds is 5. The molecule has 0 unspecified atom stereocenters. The normalized spacial score (nSPS) is 17.0. The van der Waals surface area contributed by atoms with Gasteiger partial charge in [0.2, 0.25) is 5.91 Å². The summed E-state index contributed by atoms with van der Waals surface area (Å²) in [5.74, 6) is -1.92. The maximum absolute atomic E-state index is 14.9. The number of nitriles is 1. The molecule has 0 fully saturated rings. The summed E-state index contributed by atoms with van der Waals surface area (Å²) in [6.45, 7) is 0. The molecule has 5 rings (SSSR count). The van der Waals surface area contributed by atoms with Crippen LogP contribution in [0.3, 0.4) is 0 Å². The maximum atomic E-state index is 14.9. The van der Waals surface area contributed by atoms with E-state index >= 15 is 0 Å². The molecule has 208 valence electrons. The van der Waals surface area contributed by atoms with Crippen LogP contribution in [0, 0.1) is 17.1 Å². The van der Waals surface area contributed by atoms with Crippen molar-refractivity contribution in [3.63, 3.8) is 0 Å². The van der Waals surface area contributed by atoms with E-state index in [1.165, 1.54) is 29.2 Å². The number of aromatic nitrogens is 6. The molecular weight excluding hydrogens is 553 g/mol. The summed E-state index contributed by atoms with van der Waals surface area (Å²) in [4.78, 5) is 32.6. The van der Waals surface area contributed by atoms with Gasteiger partial charge in [0.05, 0.1) is 16.8 Å². The predicted molar refractivity (Wildman–Crippen MR) is 146 cm³/mol. The van der Waals surface area contributed by atoms with Gasteiger partial charge in [-0.3, -0.25) is 4.79 Å². The Balaban J connectivity index is 1.46. The quantitative estimate of drug-likeness (QED) is 0.256. The van der Waals surface area contributed by atoms with E-state index in [2.05, 4.69) is 42.2 Å². The number of nitrogens with one attached hydrogen (secondary N) is 3.